The van der Waals surface area contributed by atoms with Gasteiger partial charge in [-0.1, -0.05) is 0 Å². The first-order valence-corrected chi connectivity index (χ1v) is 7.15. The molecule has 1 atom stereocenters. The number of aliphatic hydroxyl groups is 1. The molecule has 0 bridgehead atoms. The van der Waals surface area contributed by atoms with E-state index in [1.807, 2.05) is 0 Å². The van der Waals surface area contributed by atoms with E-state index in [9.17, 15) is 19.3 Å². The third-order valence-electron chi connectivity index (χ3n) is 1.91. The quantitative estimate of drug-likeness (QED) is 0.630. The van der Waals surface area contributed by atoms with Crippen LogP contribution in [0.25, 0.3) is 0 Å². The second kappa shape index (κ2) is 7.71. The van der Waals surface area contributed by atoms with E-state index in [0.717, 1.165) is 0 Å². The molecule has 17 heavy (non-hydrogen) atoms. The molecule has 6 nitrogen and oxygen atoms in total. The van der Waals surface area contributed by atoms with Gasteiger partial charge in [0, 0.05) is 6.42 Å². The van der Waals surface area contributed by atoms with Gasteiger partial charge in [-0.05, 0) is 20.8 Å². The van der Waals surface area contributed by atoms with Gasteiger partial charge in [0.25, 0.3) is 0 Å². The third-order valence-corrected chi connectivity index (χ3v) is 3.96. The second-order valence-corrected chi connectivity index (χ2v) is 5.53. The number of Topliss-reactive ketones (excluding diaryl/α,β-unsaturated/α-hetero) is 2. The molecule has 7 heteroatoms. The van der Waals surface area contributed by atoms with E-state index in [1.54, 1.807) is 13.8 Å². The van der Waals surface area contributed by atoms with Gasteiger partial charge < -0.3 is 14.2 Å². The molecule has 0 fully saturated rings. The Kier molecular flexibility index (Phi) is 7.46. The van der Waals surface area contributed by atoms with Gasteiger partial charge in [0.2, 0.25) is 0 Å². The molecular weight excluding hydrogens is 247 g/mol. The van der Waals surface area contributed by atoms with Crippen LogP contribution in [0.2, 0.25) is 0 Å². The molecule has 1 N–H and O–H groups in total. The molecule has 0 aromatic heterocycles. The van der Waals surface area contributed by atoms with Crippen molar-refractivity contribution < 1.29 is 28.3 Å². The number of hydrogen-bond acceptors (Lipinski definition) is 6. The molecule has 0 aliphatic heterocycles. The summed E-state index contributed by atoms with van der Waals surface area (Å²) in [6.45, 7) is 4.80. The lowest BCUT2D eigenvalue weighted by molar-refractivity contribution is -0.129. The number of carbonyl (C=O) groups excluding carboxylic acids is 2. The molecule has 0 rings (SSSR count). The molecule has 0 aliphatic rings. The van der Waals surface area contributed by atoms with E-state index in [1.165, 1.54) is 6.92 Å². The van der Waals surface area contributed by atoms with Crippen molar-refractivity contribution in [2.24, 2.45) is 0 Å². The second-order valence-electron chi connectivity index (χ2n) is 3.47. The molecule has 0 aromatic carbocycles. The van der Waals surface area contributed by atoms with Gasteiger partial charge in [-0.3, -0.25) is 14.2 Å². The van der Waals surface area contributed by atoms with Crippen molar-refractivity contribution >= 4 is 19.2 Å². The Morgan fingerprint density at radius 3 is 2.06 bits per heavy atom. The lowest BCUT2D eigenvalue weighted by Crippen LogP contribution is -2.23. The van der Waals surface area contributed by atoms with Crippen molar-refractivity contribution in [3.63, 3.8) is 0 Å². The molecule has 0 radical (unpaired) electrons. The highest BCUT2D eigenvalue weighted by Gasteiger charge is 2.28. The van der Waals surface area contributed by atoms with Gasteiger partial charge >= 0.3 is 7.60 Å². The molecule has 0 heterocycles. The monoisotopic (exact) mass is 266 g/mol. The molecule has 0 spiro atoms. The van der Waals surface area contributed by atoms with Crippen molar-refractivity contribution in [3.8, 4) is 0 Å². The van der Waals surface area contributed by atoms with Gasteiger partial charge in [0.05, 0.1) is 13.2 Å². The van der Waals surface area contributed by atoms with Crippen LogP contribution >= 0.6 is 7.60 Å². The number of carbonyl (C=O) groups is 2. The smallest absolute Gasteiger partial charge is 0.338 e. The highest BCUT2D eigenvalue weighted by molar-refractivity contribution is 7.54. The summed E-state index contributed by atoms with van der Waals surface area (Å²) in [5.74, 6) is -1.01. The highest BCUT2D eigenvalue weighted by atomic mass is 31.2. The van der Waals surface area contributed by atoms with Gasteiger partial charge in [0.15, 0.2) is 5.78 Å². The zero-order valence-corrected chi connectivity index (χ0v) is 11.2. The predicted octanol–water partition coefficient (Wildman–Crippen LogP) is 1.16. The standard InChI is InChI=1S/C10H19O6P/c1-4-15-17(14,16-5-2)7-9(12)6-10(13)8(3)11/h10,13H,4-7H2,1-3H3. The minimum Gasteiger partial charge on any atom is -0.385 e. The molecule has 0 aliphatic carbocycles. The van der Waals surface area contributed by atoms with Crippen molar-refractivity contribution in [2.75, 3.05) is 19.4 Å². The number of rotatable bonds is 9. The van der Waals surface area contributed by atoms with Crippen molar-refractivity contribution in [3.05, 3.63) is 0 Å². The van der Waals surface area contributed by atoms with Gasteiger partial charge in [0.1, 0.15) is 18.0 Å². The summed E-state index contributed by atoms with van der Waals surface area (Å²) in [5.41, 5.74) is 0. The van der Waals surface area contributed by atoms with E-state index in [4.69, 9.17) is 9.05 Å². The van der Waals surface area contributed by atoms with Crippen LogP contribution in [-0.4, -0.2) is 42.2 Å². The van der Waals surface area contributed by atoms with Crippen LogP contribution in [0, 0.1) is 0 Å². The van der Waals surface area contributed by atoms with Crippen LogP contribution in [0.4, 0.5) is 0 Å². The largest absolute Gasteiger partial charge is 0.385 e. The fourth-order valence-corrected chi connectivity index (χ4v) is 2.77. The summed E-state index contributed by atoms with van der Waals surface area (Å²) in [4.78, 5) is 22.2. The lowest BCUT2D eigenvalue weighted by Gasteiger charge is -2.16. The summed E-state index contributed by atoms with van der Waals surface area (Å²) in [5, 5.41) is 9.21. The minimum atomic E-state index is -3.43. The van der Waals surface area contributed by atoms with E-state index in [0.29, 0.717) is 0 Å². The summed E-state index contributed by atoms with van der Waals surface area (Å²) in [7, 11) is -3.43. The Balaban J connectivity index is 4.41. The number of hydrogen-bond donors (Lipinski definition) is 1. The Bertz CT molecular complexity index is 304. The Morgan fingerprint density at radius 1 is 1.24 bits per heavy atom. The fourth-order valence-electron chi connectivity index (χ4n) is 1.16. The molecule has 0 saturated carbocycles. The minimum absolute atomic E-state index is 0.166. The van der Waals surface area contributed by atoms with E-state index in [2.05, 4.69) is 0 Å². The summed E-state index contributed by atoms with van der Waals surface area (Å²) in [6, 6.07) is 0. The fraction of sp³-hybridized carbons (Fsp3) is 0.800. The first-order chi connectivity index (χ1) is 7.84. The molecule has 1 unspecified atom stereocenters. The normalized spacial score (nSPS) is 13.4. The lowest BCUT2D eigenvalue weighted by atomic mass is 10.1. The van der Waals surface area contributed by atoms with Crippen LogP contribution in [0.1, 0.15) is 27.2 Å². The molecular formula is C10H19O6P. The Morgan fingerprint density at radius 2 is 1.71 bits per heavy atom. The maximum Gasteiger partial charge on any atom is 0.338 e. The van der Waals surface area contributed by atoms with Crippen molar-refractivity contribution in [2.45, 2.75) is 33.3 Å². The van der Waals surface area contributed by atoms with E-state index >= 15 is 0 Å². The van der Waals surface area contributed by atoms with Crippen LogP contribution in [0.3, 0.4) is 0 Å². The maximum atomic E-state index is 11.9. The zero-order valence-electron chi connectivity index (χ0n) is 10.3. The average Bonchev–Trinajstić information content (AvgIpc) is 2.16. The molecule has 100 valence electrons. The Labute approximate surface area is 101 Å². The van der Waals surface area contributed by atoms with E-state index < -0.39 is 31.4 Å². The summed E-state index contributed by atoms with van der Waals surface area (Å²) >= 11 is 0. The number of ketones is 2. The average molecular weight is 266 g/mol. The predicted molar refractivity (Wildman–Crippen MR) is 62.0 cm³/mol. The first-order valence-electron chi connectivity index (χ1n) is 5.43. The van der Waals surface area contributed by atoms with Crippen LogP contribution in [0.5, 0.6) is 0 Å². The topological polar surface area (TPSA) is 89.9 Å². The van der Waals surface area contributed by atoms with Gasteiger partial charge in [-0.2, -0.15) is 0 Å². The SMILES string of the molecule is CCOP(=O)(CC(=O)CC(O)C(C)=O)OCC. The highest BCUT2D eigenvalue weighted by Crippen LogP contribution is 2.47. The van der Waals surface area contributed by atoms with Gasteiger partial charge in [-0.25, -0.2) is 0 Å². The molecule has 0 aromatic rings. The van der Waals surface area contributed by atoms with Crippen molar-refractivity contribution in [1.82, 2.24) is 0 Å². The summed E-state index contributed by atoms with van der Waals surface area (Å²) < 4.78 is 21.8. The third kappa shape index (κ3) is 6.68. The summed E-state index contributed by atoms with van der Waals surface area (Å²) in [6.07, 6.45) is -2.13. The molecule has 0 amide bonds. The maximum absolute atomic E-state index is 11.9. The number of aliphatic hydroxyl groups excluding tert-OH is 1. The Hall–Kier alpha value is -0.550. The van der Waals surface area contributed by atoms with E-state index in [-0.39, 0.29) is 19.6 Å². The van der Waals surface area contributed by atoms with Crippen LogP contribution in [-0.2, 0) is 23.2 Å². The first kappa shape index (κ1) is 16.4. The molecule has 0 saturated heterocycles. The van der Waals surface area contributed by atoms with Crippen LogP contribution in [0.15, 0.2) is 0 Å². The van der Waals surface area contributed by atoms with Crippen LogP contribution < -0.4 is 0 Å². The zero-order chi connectivity index (χ0) is 13.5. The van der Waals surface area contributed by atoms with Crippen molar-refractivity contribution in [1.29, 1.82) is 0 Å². The van der Waals surface area contributed by atoms with Gasteiger partial charge in [-0.15, -0.1) is 0 Å².